The normalized spacial score (nSPS) is 11.1. The summed E-state index contributed by atoms with van der Waals surface area (Å²) in [5.74, 6) is -0.0767. The zero-order valence-electron chi connectivity index (χ0n) is 18.7. The summed E-state index contributed by atoms with van der Waals surface area (Å²) in [5, 5.41) is 7.96. The van der Waals surface area contributed by atoms with Crippen LogP contribution in [0.5, 0.6) is 0 Å². The molecule has 6 heteroatoms. The Labute approximate surface area is 191 Å². The van der Waals surface area contributed by atoms with Crippen molar-refractivity contribution in [1.29, 1.82) is 0 Å². The van der Waals surface area contributed by atoms with Gasteiger partial charge in [0.2, 0.25) is 11.8 Å². The monoisotopic (exact) mass is 434 g/mol. The maximum Gasteiger partial charge on any atom is 0.240 e. The van der Waals surface area contributed by atoms with Crippen LogP contribution in [0.15, 0.2) is 70.9 Å². The maximum absolute atomic E-state index is 11.8. The fourth-order valence-corrected chi connectivity index (χ4v) is 3.18. The van der Waals surface area contributed by atoms with Crippen LogP contribution in [0, 0.1) is 0 Å². The number of hydrogen-bond acceptors (Lipinski definition) is 4. The molecular formula is C26H34N4O2. The van der Waals surface area contributed by atoms with Crippen LogP contribution >= 0.6 is 0 Å². The van der Waals surface area contributed by atoms with Gasteiger partial charge in [0.25, 0.3) is 0 Å². The molecule has 6 nitrogen and oxygen atoms in total. The van der Waals surface area contributed by atoms with E-state index in [1.165, 1.54) is 12.8 Å². The molecule has 0 aliphatic rings. The molecule has 2 aromatic rings. The summed E-state index contributed by atoms with van der Waals surface area (Å²) in [5.41, 5.74) is 7.08. The SMILES string of the molecule is O=C(CCCCCCCCCCC(=O)N/N=C/c1ccccc1)N/N=C/c1ccccc1. The number of nitrogens with zero attached hydrogens (tertiary/aromatic N) is 2. The van der Waals surface area contributed by atoms with E-state index in [2.05, 4.69) is 21.1 Å². The quantitative estimate of drug-likeness (QED) is 0.230. The van der Waals surface area contributed by atoms with E-state index >= 15 is 0 Å². The Hall–Kier alpha value is -3.28. The third-order valence-corrected chi connectivity index (χ3v) is 4.96. The molecule has 0 radical (unpaired) electrons. The Bertz CT molecular complexity index is 764. The summed E-state index contributed by atoms with van der Waals surface area (Å²) in [6, 6.07) is 19.4. The number of hydrazone groups is 2. The van der Waals surface area contributed by atoms with Crippen LogP contribution in [-0.2, 0) is 9.59 Å². The summed E-state index contributed by atoms with van der Waals surface area (Å²) in [4.78, 5) is 23.5. The molecule has 2 amide bonds. The molecular weight excluding hydrogens is 400 g/mol. The van der Waals surface area contributed by atoms with Crippen molar-refractivity contribution in [2.75, 3.05) is 0 Å². The minimum absolute atomic E-state index is 0.0384. The molecule has 0 unspecified atom stereocenters. The lowest BCUT2D eigenvalue weighted by molar-refractivity contribution is -0.122. The van der Waals surface area contributed by atoms with E-state index < -0.39 is 0 Å². The molecule has 0 aliphatic heterocycles. The smallest absolute Gasteiger partial charge is 0.240 e. The minimum Gasteiger partial charge on any atom is -0.273 e. The third-order valence-electron chi connectivity index (χ3n) is 4.96. The molecule has 2 aromatic carbocycles. The second-order valence-electron chi connectivity index (χ2n) is 7.74. The predicted octanol–water partition coefficient (Wildman–Crippen LogP) is 5.19. The van der Waals surface area contributed by atoms with E-state index in [1.54, 1.807) is 12.4 Å². The third kappa shape index (κ3) is 12.4. The van der Waals surface area contributed by atoms with Gasteiger partial charge in [0.15, 0.2) is 0 Å². The molecule has 0 saturated heterocycles. The zero-order chi connectivity index (χ0) is 22.7. The van der Waals surface area contributed by atoms with Gasteiger partial charge in [-0.2, -0.15) is 10.2 Å². The summed E-state index contributed by atoms with van der Waals surface area (Å²) < 4.78 is 0. The van der Waals surface area contributed by atoms with Gasteiger partial charge in [0.1, 0.15) is 0 Å². The maximum atomic E-state index is 11.8. The molecule has 0 spiro atoms. The van der Waals surface area contributed by atoms with Gasteiger partial charge in [-0.05, 0) is 24.0 Å². The molecule has 32 heavy (non-hydrogen) atoms. The van der Waals surface area contributed by atoms with Crippen LogP contribution < -0.4 is 10.9 Å². The topological polar surface area (TPSA) is 82.9 Å². The fraction of sp³-hybridized carbons (Fsp3) is 0.385. The standard InChI is InChI=1S/C26H34N4O2/c31-25(29-27-21-23-15-9-7-10-16-23)19-13-5-3-1-2-4-6-14-20-26(32)30-28-22-24-17-11-8-12-18-24/h7-12,15-18,21-22H,1-6,13-14,19-20H2,(H,29,31)(H,30,32)/b27-21+,28-22+. The lowest BCUT2D eigenvalue weighted by Crippen LogP contribution is -2.16. The molecule has 2 rings (SSSR count). The first-order valence-electron chi connectivity index (χ1n) is 11.5. The summed E-state index contributed by atoms with van der Waals surface area (Å²) in [6.45, 7) is 0. The average Bonchev–Trinajstić information content (AvgIpc) is 2.81. The molecule has 0 aromatic heterocycles. The molecule has 0 fully saturated rings. The van der Waals surface area contributed by atoms with Gasteiger partial charge in [-0.25, -0.2) is 10.9 Å². The molecule has 170 valence electrons. The average molecular weight is 435 g/mol. The number of nitrogens with one attached hydrogen (secondary N) is 2. The predicted molar refractivity (Wildman–Crippen MR) is 131 cm³/mol. The lowest BCUT2D eigenvalue weighted by Gasteiger charge is -2.03. The highest BCUT2D eigenvalue weighted by molar-refractivity contribution is 5.82. The number of benzene rings is 2. The number of amides is 2. The largest absolute Gasteiger partial charge is 0.273 e. The number of hydrogen-bond donors (Lipinski definition) is 2. The Kier molecular flexibility index (Phi) is 12.8. The number of carbonyl (C=O) groups excluding carboxylic acids is 2. The van der Waals surface area contributed by atoms with Crippen LogP contribution in [0.4, 0.5) is 0 Å². The number of unbranched alkanes of at least 4 members (excludes halogenated alkanes) is 7. The zero-order valence-corrected chi connectivity index (χ0v) is 18.7. The Morgan fingerprint density at radius 2 is 0.906 bits per heavy atom. The molecule has 0 saturated carbocycles. The van der Waals surface area contributed by atoms with Gasteiger partial charge in [0.05, 0.1) is 12.4 Å². The van der Waals surface area contributed by atoms with Crippen molar-refractivity contribution in [2.24, 2.45) is 10.2 Å². The first-order valence-corrected chi connectivity index (χ1v) is 11.5. The van der Waals surface area contributed by atoms with Crippen LogP contribution in [0.25, 0.3) is 0 Å². The van der Waals surface area contributed by atoms with E-state index in [0.717, 1.165) is 49.7 Å². The van der Waals surface area contributed by atoms with Gasteiger partial charge in [-0.1, -0.05) is 99.2 Å². The van der Waals surface area contributed by atoms with Crippen LogP contribution in [0.1, 0.15) is 75.3 Å². The first kappa shape index (κ1) is 25.0. The van der Waals surface area contributed by atoms with Gasteiger partial charge in [-0.3, -0.25) is 9.59 Å². The number of carbonyl (C=O) groups is 2. The van der Waals surface area contributed by atoms with Gasteiger partial charge in [-0.15, -0.1) is 0 Å². The van der Waals surface area contributed by atoms with Crippen molar-refractivity contribution < 1.29 is 9.59 Å². The highest BCUT2D eigenvalue weighted by Gasteiger charge is 2.01. The van der Waals surface area contributed by atoms with Crippen LogP contribution in [0.3, 0.4) is 0 Å². The van der Waals surface area contributed by atoms with E-state index in [-0.39, 0.29) is 11.8 Å². The molecule has 0 heterocycles. The molecule has 2 N–H and O–H groups in total. The second kappa shape index (κ2) is 16.4. The van der Waals surface area contributed by atoms with Crippen LogP contribution in [-0.4, -0.2) is 24.2 Å². The van der Waals surface area contributed by atoms with Gasteiger partial charge >= 0.3 is 0 Å². The van der Waals surface area contributed by atoms with E-state index in [4.69, 9.17) is 0 Å². The molecule has 0 bridgehead atoms. The Morgan fingerprint density at radius 3 is 1.28 bits per heavy atom. The summed E-state index contributed by atoms with van der Waals surface area (Å²) in [6.07, 6.45) is 12.8. The van der Waals surface area contributed by atoms with Crippen molar-refractivity contribution in [3.8, 4) is 0 Å². The van der Waals surface area contributed by atoms with Crippen molar-refractivity contribution in [3.63, 3.8) is 0 Å². The van der Waals surface area contributed by atoms with Gasteiger partial charge < -0.3 is 0 Å². The highest BCUT2D eigenvalue weighted by atomic mass is 16.2. The van der Waals surface area contributed by atoms with Crippen molar-refractivity contribution in [2.45, 2.75) is 64.2 Å². The summed E-state index contributed by atoms with van der Waals surface area (Å²) >= 11 is 0. The minimum atomic E-state index is -0.0384. The molecule has 0 aliphatic carbocycles. The van der Waals surface area contributed by atoms with E-state index in [0.29, 0.717) is 12.8 Å². The van der Waals surface area contributed by atoms with Crippen molar-refractivity contribution in [1.82, 2.24) is 10.9 Å². The van der Waals surface area contributed by atoms with Crippen molar-refractivity contribution >= 4 is 24.2 Å². The van der Waals surface area contributed by atoms with Crippen molar-refractivity contribution in [3.05, 3.63) is 71.8 Å². The highest BCUT2D eigenvalue weighted by Crippen LogP contribution is 2.10. The van der Waals surface area contributed by atoms with E-state index in [9.17, 15) is 9.59 Å². The Morgan fingerprint density at radius 1 is 0.562 bits per heavy atom. The van der Waals surface area contributed by atoms with Gasteiger partial charge in [0, 0.05) is 12.8 Å². The second-order valence-corrected chi connectivity index (χ2v) is 7.74. The van der Waals surface area contributed by atoms with E-state index in [1.807, 2.05) is 60.7 Å². The number of rotatable bonds is 15. The fourth-order valence-electron chi connectivity index (χ4n) is 3.18. The molecule has 0 atom stereocenters. The first-order chi connectivity index (χ1) is 15.7. The Balaban J connectivity index is 1.37. The lowest BCUT2D eigenvalue weighted by atomic mass is 10.1. The summed E-state index contributed by atoms with van der Waals surface area (Å²) in [7, 11) is 0. The van der Waals surface area contributed by atoms with Crippen LogP contribution in [0.2, 0.25) is 0 Å².